The summed E-state index contributed by atoms with van der Waals surface area (Å²) >= 11 is 4.45. The molecule has 154 valence electrons. The Morgan fingerprint density at radius 2 is 2.11 bits per heavy atom. The van der Waals surface area contributed by atoms with Gasteiger partial charge in [-0.2, -0.15) is 4.37 Å². The van der Waals surface area contributed by atoms with Crippen LogP contribution >= 0.6 is 27.7 Å². The van der Waals surface area contributed by atoms with Gasteiger partial charge in [-0.05, 0) is 27.2 Å². The van der Waals surface area contributed by atoms with Gasteiger partial charge in [0, 0.05) is 36.9 Å². The van der Waals surface area contributed by atoms with E-state index < -0.39 is 6.10 Å². The highest BCUT2D eigenvalue weighted by Gasteiger charge is 2.23. The van der Waals surface area contributed by atoms with E-state index in [0.29, 0.717) is 32.1 Å². The molecule has 0 radical (unpaired) electrons. The standard InChI is InChI=1S/C17H29BrN4O4S/c1-17(2,3)19-11-13(26-14(23)5-4-6-18)12-25-16-15(20-27-21-16)22-7-9-24-10-8-22/h13,19H,4-12H2,1-3H3. The van der Waals surface area contributed by atoms with Crippen LogP contribution in [-0.4, -0.2) is 71.1 Å². The zero-order valence-electron chi connectivity index (χ0n) is 16.2. The van der Waals surface area contributed by atoms with Crippen LogP contribution in [0.2, 0.25) is 0 Å². The number of carbonyl (C=O) groups excluding carboxylic acids is 1. The van der Waals surface area contributed by atoms with Crippen LogP contribution in [0, 0.1) is 0 Å². The molecule has 0 bridgehead atoms. The van der Waals surface area contributed by atoms with Gasteiger partial charge in [0.25, 0.3) is 5.88 Å². The minimum absolute atomic E-state index is 0.0817. The van der Waals surface area contributed by atoms with Gasteiger partial charge in [-0.1, -0.05) is 15.9 Å². The number of aromatic nitrogens is 2. The summed E-state index contributed by atoms with van der Waals surface area (Å²) in [4.78, 5) is 14.1. The molecule has 1 atom stereocenters. The second kappa shape index (κ2) is 11.1. The molecule has 1 fully saturated rings. The first-order chi connectivity index (χ1) is 12.9. The minimum Gasteiger partial charge on any atom is -0.470 e. The number of hydrogen-bond donors (Lipinski definition) is 1. The molecule has 1 unspecified atom stereocenters. The maximum absolute atomic E-state index is 12.0. The number of nitrogens with one attached hydrogen (secondary N) is 1. The predicted octanol–water partition coefficient (Wildman–Crippen LogP) is 2.23. The van der Waals surface area contributed by atoms with E-state index in [9.17, 15) is 4.79 Å². The predicted molar refractivity (Wildman–Crippen MR) is 109 cm³/mol. The van der Waals surface area contributed by atoms with E-state index in [1.165, 1.54) is 0 Å². The van der Waals surface area contributed by atoms with E-state index in [2.05, 4.69) is 55.7 Å². The molecule has 1 aliphatic rings. The SMILES string of the molecule is CC(C)(C)NCC(COc1nsnc1N1CCOCC1)OC(=O)CCCBr. The minimum atomic E-state index is -0.397. The molecule has 27 heavy (non-hydrogen) atoms. The zero-order chi connectivity index (χ0) is 19.7. The third-order valence-corrected chi connectivity index (χ3v) is 4.89. The van der Waals surface area contributed by atoms with Gasteiger partial charge in [0.15, 0.2) is 0 Å². The van der Waals surface area contributed by atoms with Crippen molar-refractivity contribution in [1.29, 1.82) is 0 Å². The smallest absolute Gasteiger partial charge is 0.306 e. The number of halogens is 1. The highest BCUT2D eigenvalue weighted by molar-refractivity contribution is 9.09. The van der Waals surface area contributed by atoms with Crippen LogP contribution in [0.5, 0.6) is 5.88 Å². The van der Waals surface area contributed by atoms with Crippen molar-refractivity contribution < 1.29 is 19.0 Å². The normalized spacial score (nSPS) is 16.2. The van der Waals surface area contributed by atoms with Crippen LogP contribution in [-0.2, 0) is 14.3 Å². The van der Waals surface area contributed by atoms with Crippen LogP contribution < -0.4 is 15.0 Å². The van der Waals surface area contributed by atoms with Gasteiger partial charge in [0.1, 0.15) is 12.7 Å². The van der Waals surface area contributed by atoms with Crippen molar-refractivity contribution >= 4 is 39.4 Å². The molecule has 0 aromatic carbocycles. The van der Waals surface area contributed by atoms with Gasteiger partial charge in [-0.25, -0.2) is 0 Å². The number of esters is 1. The van der Waals surface area contributed by atoms with Gasteiger partial charge >= 0.3 is 5.97 Å². The summed E-state index contributed by atoms with van der Waals surface area (Å²) in [7, 11) is 0. The van der Waals surface area contributed by atoms with Crippen molar-refractivity contribution in [3.05, 3.63) is 0 Å². The van der Waals surface area contributed by atoms with Gasteiger partial charge in [-0.3, -0.25) is 4.79 Å². The fraction of sp³-hybridized carbons (Fsp3) is 0.824. The Bertz CT molecular complexity index is 576. The lowest BCUT2D eigenvalue weighted by Crippen LogP contribution is -2.44. The zero-order valence-corrected chi connectivity index (χ0v) is 18.6. The summed E-state index contributed by atoms with van der Waals surface area (Å²) in [6.45, 7) is 9.80. The summed E-state index contributed by atoms with van der Waals surface area (Å²) < 4.78 is 25.5. The molecule has 2 heterocycles. The number of anilines is 1. The van der Waals surface area contributed by atoms with E-state index in [4.69, 9.17) is 14.2 Å². The Kier molecular flexibility index (Phi) is 9.20. The van der Waals surface area contributed by atoms with Crippen molar-refractivity contribution in [2.75, 3.05) is 49.7 Å². The van der Waals surface area contributed by atoms with E-state index in [1.807, 2.05) is 0 Å². The third-order valence-electron chi connectivity index (χ3n) is 3.83. The molecule has 0 spiro atoms. The van der Waals surface area contributed by atoms with Gasteiger partial charge in [-0.15, -0.1) is 4.37 Å². The molecule has 1 aliphatic heterocycles. The maximum Gasteiger partial charge on any atom is 0.306 e. The van der Waals surface area contributed by atoms with Crippen molar-refractivity contribution in [2.24, 2.45) is 0 Å². The topological polar surface area (TPSA) is 85.8 Å². The number of hydrogen-bond acceptors (Lipinski definition) is 9. The third kappa shape index (κ3) is 8.28. The van der Waals surface area contributed by atoms with Crippen LogP contribution in [0.25, 0.3) is 0 Å². The van der Waals surface area contributed by atoms with E-state index in [-0.39, 0.29) is 18.1 Å². The molecular formula is C17H29BrN4O4S. The molecule has 1 saturated heterocycles. The van der Waals surface area contributed by atoms with Crippen molar-refractivity contribution in [1.82, 2.24) is 14.1 Å². The number of nitrogens with zero attached hydrogens (tertiary/aromatic N) is 3. The lowest BCUT2D eigenvalue weighted by molar-refractivity contribution is -0.150. The molecule has 1 aromatic heterocycles. The summed E-state index contributed by atoms with van der Waals surface area (Å²) in [5, 5.41) is 4.14. The largest absolute Gasteiger partial charge is 0.470 e. The highest BCUT2D eigenvalue weighted by atomic mass is 79.9. The number of carbonyl (C=O) groups is 1. The summed E-state index contributed by atoms with van der Waals surface area (Å²) in [6, 6.07) is 0. The Balaban J connectivity index is 1.93. The number of morpholine rings is 1. The van der Waals surface area contributed by atoms with Crippen LogP contribution in [0.3, 0.4) is 0 Å². The lowest BCUT2D eigenvalue weighted by Gasteiger charge is -2.27. The Hall–Kier alpha value is -0.970. The van der Waals surface area contributed by atoms with Crippen molar-refractivity contribution in [3.8, 4) is 5.88 Å². The van der Waals surface area contributed by atoms with E-state index in [1.54, 1.807) is 0 Å². The average molecular weight is 465 g/mol. The monoisotopic (exact) mass is 464 g/mol. The average Bonchev–Trinajstić information content (AvgIpc) is 3.11. The lowest BCUT2D eigenvalue weighted by atomic mass is 10.1. The van der Waals surface area contributed by atoms with Gasteiger partial charge in [0.2, 0.25) is 5.82 Å². The summed E-state index contributed by atoms with van der Waals surface area (Å²) in [6.07, 6.45) is 0.733. The molecule has 1 N–H and O–H groups in total. The molecule has 0 amide bonds. The molecule has 8 nitrogen and oxygen atoms in total. The summed E-state index contributed by atoms with van der Waals surface area (Å²) in [5.74, 6) is 0.999. The van der Waals surface area contributed by atoms with Crippen LogP contribution in [0.1, 0.15) is 33.6 Å². The molecule has 0 saturated carbocycles. The molecule has 2 rings (SSSR count). The van der Waals surface area contributed by atoms with Crippen LogP contribution in [0.4, 0.5) is 5.82 Å². The van der Waals surface area contributed by atoms with Crippen molar-refractivity contribution in [2.45, 2.75) is 45.3 Å². The van der Waals surface area contributed by atoms with Gasteiger partial charge in [0.05, 0.1) is 24.9 Å². The fourth-order valence-corrected chi connectivity index (χ4v) is 3.22. The van der Waals surface area contributed by atoms with Crippen LogP contribution in [0.15, 0.2) is 0 Å². The second-order valence-corrected chi connectivity index (χ2v) is 8.66. The van der Waals surface area contributed by atoms with E-state index in [0.717, 1.165) is 42.4 Å². The number of alkyl halides is 1. The summed E-state index contributed by atoms with van der Waals surface area (Å²) in [5.41, 5.74) is -0.0817. The first-order valence-electron chi connectivity index (χ1n) is 9.17. The van der Waals surface area contributed by atoms with Crippen molar-refractivity contribution in [3.63, 3.8) is 0 Å². The highest BCUT2D eigenvalue weighted by Crippen LogP contribution is 2.26. The quantitative estimate of drug-likeness (QED) is 0.416. The molecule has 0 aliphatic carbocycles. The van der Waals surface area contributed by atoms with E-state index >= 15 is 0 Å². The Morgan fingerprint density at radius 3 is 2.78 bits per heavy atom. The Morgan fingerprint density at radius 1 is 1.37 bits per heavy atom. The maximum atomic E-state index is 12.0. The second-order valence-electron chi connectivity index (χ2n) is 7.34. The Labute approximate surface area is 173 Å². The van der Waals surface area contributed by atoms with Gasteiger partial charge < -0.3 is 24.4 Å². The molecule has 10 heteroatoms. The number of rotatable bonds is 10. The fourth-order valence-electron chi connectivity index (χ4n) is 2.42. The first-order valence-corrected chi connectivity index (χ1v) is 11.0. The molecular weight excluding hydrogens is 436 g/mol. The molecule has 1 aromatic rings. The first kappa shape index (κ1) is 22.3. The number of ether oxygens (including phenoxy) is 3.